The molecular formula is C21H16ClF3N6OS. The second kappa shape index (κ2) is 8.40. The lowest BCUT2D eigenvalue weighted by Crippen LogP contribution is -2.41. The van der Waals surface area contributed by atoms with E-state index in [1.165, 1.54) is 17.2 Å². The second-order valence-electron chi connectivity index (χ2n) is 7.47. The molecule has 5 rings (SSSR count). The van der Waals surface area contributed by atoms with Gasteiger partial charge in [-0.15, -0.1) is 11.3 Å². The van der Waals surface area contributed by atoms with Gasteiger partial charge in [0.05, 0.1) is 33.9 Å². The number of carbonyl (C=O) groups excluding carboxylic acids is 1. The van der Waals surface area contributed by atoms with Crippen molar-refractivity contribution in [1.82, 2.24) is 30.0 Å². The highest BCUT2D eigenvalue weighted by atomic mass is 35.5. The maximum absolute atomic E-state index is 13.5. The predicted molar refractivity (Wildman–Crippen MR) is 117 cm³/mol. The van der Waals surface area contributed by atoms with Crippen LogP contribution >= 0.6 is 22.9 Å². The monoisotopic (exact) mass is 492 g/mol. The Morgan fingerprint density at radius 2 is 1.88 bits per heavy atom. The first-order valence-corrected chi connectivity index (χ1v) is 11.2. The summed E-state index contributed by atoms with van der Waals surface area (Å²) in [6, 6.07) is 9.95. The van der Waals surface area contributed by atoms with E-state index in [0.29, 0.717) is 57.5 Å². The molecule has 1 aliphatic heterocycles. The zero-order valence-electron chi connectivity index (χ0n) is 17.0. The third kappa shape index (κ3) is 4.31. The van der Waals surface area contributed by atoms with Gasteiger partial charge in [0, 0.05) is 24.7 Å². The Balaban J connectivity index is 1.41. The highest BCUT2D eigenvalue weighted by Crippen LogP contribution is 2.36. The summed E-state index contributed by atoms with van der Waals surface area (Å²) < 4.78 is 39.4. The number of hydrogen-bond acceptors (Lipinski definition) is 6. The van der Waals surface area contributed by atoms with E-state index in [1.807, 2.05) is 5.01 Å². The lowest BCUT2D eigenvalue weighted by Gasteiger charge is -2.28. The number of carbonyl (C=O) groups is 1. The third-order valence-electron chi connectivity index (χ3n) is 5.25. The summed E-state index contributed by atoms with van der Waals surface area (Å²) in [5.74, 6) is -0.250. The van der Waals surface area contributed by atoms with Gasteiger partial charge in [0.25, 0.3) is 5.91 Å². The van der Waals surface area contributed by atoms with Gasteiger partial charge >= 0.3 is 6.18 Å². The summed E-state index contributed by atoms with van der Waals surface area (Å²) in [5, 5.41) is 11.3. The van der Waals surface area contributed by atoms with Crippen molar-refractivity contribution < 1.29 is 18.0 Å². The molecule has 170 valence electrons. The van der Waals surface area contributed by atoms with Crippen LogP contribution < -0.4 is 0 Å². The van der Waals surface area contributed by atoms with Crippen LogP contribution in [-0.4, -0.2) is 49.0 Å². The highest BCUT2D eigenvalue weighted by molar-refractivity contribution is 7.18. The molecule has 0 atom stereocenters. The summed E-state index contributed by atoms with van der Waals surface area (Å²) in [4.78, 5) is 18.5. The average Bonchev–Trinajstić information content (AvgIpc) is 3.53. The summed E-state index contributed by atoms with van der Waals surface area (Å²) >= 11 is 6.78. The molecule has 0 unspecified atom stereocenters. The first-order chi connectivity index (χ1) is 15.8. The van der Waals surface area contributed by atoms with Crippen molar-refractivity contribution in [2.45, 2.75) is 19.1 Å². The van der Waals surface area contributed by atoms with Crippen LogP contribution in [0.25, 0.3) is 15.9 Å². The minimum absolute atomic E-state index is 0.250. The van der Waals surface area contributed by atoms with Crippen LogP contribution in [0.4, 0.5) is 13.2 Å². The van der Waals surface area contributed by atoms with Gasteiger partial charge in [0.2, 0.25) is 0 Å². The lowest BCUT2D eigenvalue weighted by atomic mass is 10.1. The van der Waals surface area contributed by atoms with Crippen LogP contribution in [0.3, 0.4) is 0 Å². The number of alkyl halides is 3. The Kier molecular flexibility index (Phi) is 5.55. The fraction of sp³-hybridized carbons (Fsp3) is 0.238. The highest BCUT2D eigenvalue weighted by Gasteiger charge is 2.35. The molecule has 2 aromatic carbocycles. The van der Waals surface area contributed by atoms with Gasteiger partial charge in [0.1, 0.15) is 0 Å². The zero-order valence-corrected chi connectivity index (χ0v) is 18.5. The average molecular weight is 493 g/mol. The molecule has 3 heterocycles. The lowest BCUT2D eigenvalue weighted by molar-refractivity contribution is -0.137. The van der Waals surface area contributed by atoms with Gasteiger partial charge in [-0.2, -0.15) is 28.2 Å². The van der Waals surface area contributed by atoms with Crippen molar-refractivity contribution in [1.29, 1.82) is 0 Å². The molecule has 1 saturated heterocycles. The van der Waals surface area contributed by atoms with Gasteiger partial charge in [-0.3, -0.25) is 9.80 Å². The van der Waals surface area contributed by atoms with Crippen molar-refractivity contribution in [2.24, 2.45) is 0 Å². The van der Waals surface area contributed by atoms with E-state index in [4.69, 9.17) is 11.6 Å². The summed E-state index contributed by atoms with van der Waals surface area (Å²) in [6.45, 7) is 1.52. The first-order valence-electron chi connectivity index (χ1n) is 9.99. The minimum Gasteiger partial charge on any atom is -0.271 e. The first kappa shape index (κ1) is 21.8. The molecule has 1 amide bonds. The van der Waals surface area contributed by atoms with Crippen LogP contribution in [0.15, 0.2) is 48.8 Å². The van der Waals surface area contributed by atoms with E-state index < -0.39 is 11.2 Å². The number of hydrogen-bond donors (Lipinski definition) is 0. The van der Waals surface area contributed by atoms with Crippen molar-refractivity contribution in [3.05, 3.63) is 69.9 Å². The standard InChI is InChI=1S/C21H16ClF3N6OS/c22-14-3-5-17(31-26-6-7-27-31)15(11-14)19(32)30-9-1-8-29(30)12-13-2-4-16-18(10-13)33-20(28-16)21(23,24)25/h2-7,10-11H,1,8-9,12H2. The van der Waals surface area contributed by atoms with Gasteiger partial charge in [-0.25, -0.2) is 9.99 Å². The molecule has 0 spiro atoms. The molecule has 33 heavy (non-hydrogen) atoms. The summed E-state index contributed by atoms with van der Waals surface area (Å²) in [6.07, 6.45) is -0.668. The van der Waals surface area contributed by atoms with Crippen LogP contribution in [0, 0.1) is 0 Å². The molecule has 4 aromatic rings. The van der Waals surface area contributed by atoms with Gasteiger partial charge in [0.15, 0.2) is 5.01 Å². The molecule has 0 aliphatic carbocycles. The largest absolute Gasteiger partial charge is 0.443 e. The number of hydrazine groups is 1. The van der Waals surface area contributed by atoms with Crippen molar-refractivity contribution in [3.8, 4) is 5.69 Å². The predicted octanol–water partition coefficient (Wildman–Crippen LogP) is 4.81. The maximum atomic E-state index is 13.5. The van der Waals surface area contributed by atoms with E-state index in [-0.39, 0.29) is 5.91 Å². The van der Waals surface area contributed by atoms with Crippen LogP contribution in [-0.2, 0) is 12.7 Å². The molecule has 1 aliphatic rings. The van der Waals surface area contributed by atoms with E-state index in [2.05, 4.69) is 15.2 Å². The number of rotatable bonds is 4. The van der Waals surface area contributed by atoms with Gasteiger partial charge in [-0.1, -0.05) is 17.7 Å². The van der Waals surface area contributed by atoms with Crippen molar-refractivity contribution in [3.63, 3.8) is 0 Å². The number of halogens is 4. The van der Waals surface area contributed by atoms with Crippen molar-refractivity contribution >= 4 is 39.1 Å². The Labute approximate surface area is 195 Å². The van der Waals surface area contributed by atoms with Gasteiger partial charge in [-0.05, 0) is 42.3 Å². The number of fused-ring (bicyclic) bond motifs is 1. The number of benzene rings is 2. The van der Waals surface area contributed by atoms with E-state index in [1.54, 1.807) is 41.4 Å². The van der Waals surface area contributed by atoms with Crippen LogP contribution in [0.2, 0.25) is 5.02 Å². The molecule has 12 heteroatoms. The van der Waals surface area contributed by atoms with E-state index >= 15 is 0 Å². The second-order valence-corrected chi connectivity index (χ2v) is 8.94. The Hall–Kier alpha value is -3.02. The minimum atomic E-state index is -4.47. The Morgan fingerprint density at radius 3 is 2.64 bits per heavy atom. The van der Waals surface area contributed by atoms with Crippen LogP contribution in [0.5, 0.6) is 0 Å². The molecule has 1 fully saturated rings. The number of thiazole rings is 1. The SMILES string of the molecule is O=C(c1cc(Cl)ccc1-n1nccn1)N1CCCN1Cc1ccc2nc(C(F)(F)F)sc2c1. The zero-order chi connectivity index (χ0) is 23.2. The molecule has 2 aromatic heterocycles. The van der Waals surface area contributed by atoms with E-state index in [9.17, 15) is 18.0 Å². The van der Waals surface area contributed by atoms with E-state index in [0.717, 1.165) is 12.0 Å². The normalized spacial score (nSPS) is 15.0. The quantitative estimate of drug-likeness (QED) is 0.409. The Morgan fingerprint density at radius 1 is 1.09 bits per heavy atom. The molecule has 0 bridgehead atoms. The van der Waals surface area contributed by atoms with Gasteiger partial charge < -0.3 is 0 Å². The fourth-order valence-corrected chi connectivity index (χ4v) is 4.86. The molecule has 0 saturated carbocycles. The van der Waals surface area contributed by atoms with Crippen molar-refractivity contribution in [2.75, 3.05) is 13.1 Å². The third-order valence-corrected chi connectivity index (χ3v) is 6.54. The number of aromatic nitrogens is 4. The molecular weight excluding hydrogens is 477 g/mol. The summed E-state index contributed by atoms with van der Waals surface area (Å²) in [7, 11) is 0. The smallest absolute Gasteiger partial charge is 0.271 e. The fourth-order valence-electron chi connectivity index (χ4n) is 3.79. The number of amides is 1. The maximum Gasteiger partial charge on any atom is 0.443 e. The Bertz CT molecular complexity index is 1320. The topological polar surface area (TPSA) is 67.2 Å². The molecule has 0 radical (unpaired) electrons. The van der Waals surface area contributed by atoms with Crippen LogP contribution in [0.1, 0.15) is 27.3 Å². The molecule has 7 nitrogen and oxygen atoms in total. The summed E-state index contributed by atoms with van der Waals surface area (Å²) in [5.41, 5.74) is 1.96. The number of nitrogens with zero attached hydrogens (tertiary/aromatic N) is 6. The molecule has 0 N–H and O–H groups in total.